The van der Waals surface area contributed by atoms with E-state index in [0.717, 1.165) is 5.56 Å². The second kappa shape index (κ2) is 6.45. The molecule has 0 saturated carbocycles. The molecule has 0 fully saturated rings. The molecule has 2 aromatic rings. The number of aliphatic hydroxyl groups excluding tert-OH is 1. The van der Waals surface area contributed by atoms with Crippen molar-refractivity contribution in [3.8, 4) is 0 Å². The van der Waals surface area contributed by atoms with Crippen molar-refractivity contribution in [1.82, 2.24) is 14.3 Å². The molecule has 1 N–H and O–H groups in total. The first-order chi connectivity index (χ1) is 9.65. The number of pyridine rings is 1. The highest BCUT2D eigenvalue weighted by Gasteiger charge is 2.08. The van der Waals surface area contributed by atoms with Gasteiger partial charge in [-0.25, -0.2) is 4.98 Å². The van der Waals surface area contributed by atoms with Crippen LogP contribution in [-0.2, 0) is 6.54 Å². The molecule has 0 radical (unpaired) electrons. The molecule has 2 heterocycles. The fraction of sp³-hybridized carbons (Fsp3) is 0.333. The lowest BCUT2D eigenvalue weighted by Crippen LogP contribution is -2.28. The molecule has 0 amide bonds. The van der Waals surface area contributed by atoms with Crippen molar-refractivity contribution < 1.29 is 5.11 Å². The molecular weight excluding hydrogens is 254 g/mol. The van der Waals surface area contributed by atoms with Crippen LogP contribution in [-0.4, -0.2) is 39.1 Å². The van der Waals surface area contributed by atoms with E-state index in [4.69, 9.17) is 5.11 Å². The summed E-state index contributed by atoms with van der Waals surface area (Å²) >= 11 is 0. The summed E-state index contributed by atoms with van der Waals surface area (Å²) in [6.45, 7) is 7.39. The molecule has 0 atom stereocenters. The van der Waals surface area contributed by atoms with Crippen LogP contribution in [0.25, 0.3) is 5.65 Å². The summed E-state index contributed by atoms with van der Waals surface area (Å²) in [5.41, 5.74) is 2.26. The third-order valence-electron chi connectivity index (χ3n) is 3.13. The molecule has 20 heavy (non-hydrogen) atoms. The Balaban J connectivity index is 2.37. The SMILES string of the molecule is C=CCN(CCO)Cc1cc(=O)n2cccc(C)c2n1. The fourth-order valence-corrected chi connectivity index (χ4v) is 2.18. The zero-order valence-corrected chi connectivity index (χ0v) is 11.6. The Kier molecular flexibility index (Phi) is 4.65. The van der Waals surface area contributed by atoms with E-state index in [9.17, 15) is 4.79 Å². The minimum atomic E-state index is -0.0868. The van der Waals surface area contributed by atoms with Crippen molar-refractivity contribution in [3.05, 3.63) is 58.7 Å². The van der Waals surface area contributed by atoms with Gasteiger partial charge in [-0.2, -0.15) is 0 Å². The van der Waals surface area contributed by atoms with Crippen LogP contribution in [0.5, 0.6) is 0 Å². The van der Waals surface area contributed by atoms with E-state index >= 15 is 0 Å². The zero-order valence-electron chi connectivity index (χ0n) is 11.6. The van der Waals surface area contributed by atoms with Gasteiger partial charge in [-0.15, -0.1) is 6.58 Å². The molecule has 0 aliphatic heterocycles. The number of aryl methyl sites for hydroxylation is 1. The summed E-state index contributed by atoms with van der Waals surface area (Å²) < 4.78 is 1.54. The van der Waals surface area contributed by atoms with Crippen LogP contribution in [0, 0.1) is 6.92 Å². The van der Waals surface area contributed by atoms with E-state index < -0.39 is 0 Å². The number of aromatic nitrogens is 2. The Morgan fingerprint density at radius 1 is 1.55 bits per heavy atom. The van der Waals surface area contributed by atoms with E-state index in [-0.39, 0.29) is 12.2 Å². The van der Waals surface area contributed by atoms with Crippen LogP contribution in [0.4, 0.5) is 0 Å². The molecule has 0 aromatic carbocycles. The highest BCUT2D eigenvalue weighted by atomic mass is 16.3. The number of aliphatic hydroxyl groups is 1. The second-order valence-electron chi connectivity index (χ2n) is 4.72. The van der Waals surface area contributed by atoms with E-state index in [1.54, 1.807) is 22.7 Å². The van der Waals surface area contributed by atoms with Crippen molar-refractivity contribution >= 4 is 5.65 Å². The summed E-state index contributed by atoms with van der Waals surface area (Å²) in [6, 6.07) is 5.31. The first-order valence-electron chi connectivity index (χ1n) is 6.57. The van der Waals surface area contributed by atoms with Gasteiger partial charge in [0.15, 0.2) is 0 Å². The lowest BCUT2D eigenvalue weighted by Gasteiger charge is -2.19. The minimum absolute atomic E-state index is 0.0689. The van der Waals surface area contributed by atoms with Gasteiger partial charge in [0.05, 0.1) is 12.3 Å². The molecular formula is C15H19N3O2. The molecule has 106 valence electrons. The summed E-state index contributed by atoms with van der Waals surface area (Å²) in [7, 11) is 0. The van der Waals surface area contributed by atoms with Crippen LogP contribution in [0.2, 0.25) is 0 Å². The van der Waals surface area contributed by atoms with E-state index in [1.807, 2.05) is 24.0 Å². The quantitative estimate of drug-likeness (QED) is 0.797. The second-order valence-corrected chi connectivity index (χ2v) is 4.72. The molecule has 0 aliphatic rings. The van der Waals surface area contributed by atoms with E-state index in [2.05, 4.69) is 11.6 Å². The molecule has 0 saturated heterocycles. The first kappa shape index (κ1) is 14.4. The number of hydrogen-bond donors (Lipinski definition) is 1. The maximum Gasteiger partial charge on any atom is 0.258 e. The van der Waals surface area contributed by atoms with Crippen molar-refractivity contribution in [3.63, 3.8) is 0 Å². The summed E-state index contributed by atoms with van der Waals surface area (Å²) in [5, 5.41) is 9.05. The Hall–Kier alpha value is -1.98. The largest absolute Gasteiger partial charge is 0.395 e. The predicted molar refractivity (Wildman–Crippen MR) is 78.8 cm³/mol. The average Bonchev–Trinajstić information content (AvgIpc) is 2.41. The monoisotopic (exact) mass is 273 g/mol. The third-order valence-corrected chi connectivity index (χ3v) is 3.13. The standard InChI is InChI=1S/C15H19N3O2/c1-3-6-17(8-9-19)11-13-10-14(20)18-7-4-5-12(2)15(18)16-13/h3-5,7,10,19H,1,6,8-9,11H2,2H3. The Bertz CT molecular complexity index is 664. The van der Waals surface area contributed by atoms with Gasteiger partial charge in [0.2, 0.25) is 0 Å². The van der Waals surface area contributed by atoms with Gasteiger partial charge >= 0.3 is 0 Å². The summed E-state index contributed by atoms with van der Waals surface area (Å²) in [4.78, 5) is 18.6. The highest BCUT2D eigenvalue weighted by Crippen LogP contribution is 2.07. The van der Waals surface area contributed by atoms with Crippen molar-refractivity contribution in [2.24, 2.45) is 0 Å². The van der Waals surface area contributed by atoms with Crippen LogP contribution in [0.1, 0.15) is 11.3 Å². The van der Waals surface area contributed by atoms with Gasteiger partial charge in [-0.1, -0.05) is 12.1 Å². The van der Waals surface area contributed by atoms with Crippen molar-refractivity contribution in [1.29, 1.82) is 0 Å². The molecule has 2 aromatic heterocycles. The Labute approximate surface area is 117 Å². The van der Waals surface area contributed by atoms with Gasteiger partial charge in [-0.3, -0.25) is 14.1 Å². The van der Waals surface area contributed by atoms with Crippen molar-refractivity contribution in [2.45, 2.75) is 13.5 Å². The smallest absolute Gasteiger partial charge is 0.258 e. The predicted octanol–water partition coefficient (Wildman–Crippen LogP) is 0.983. The third kappa shape index (κ3) is 3.12. The molecule has 5 heteroatoms. The van der Waals surface area contributed by atoms with Crippen LogP contribution < -0.4 is 5.56 Å². The van der Waals surface area contributed by atoms with Crippen LogP contribution >= 0.6 is 0 Å². The lowest BCUT2D eigenvalue weighted by molar-refractivity contribution is 0.202. The fourth-order valence-electron chi connectivity index (χ4n) is 2.18. The van der Waals surface area contributed by atoms with Gasteiger partial charge in [0, 0.05) is 31.9 Å². The van der Waals surface area contributed by atoms with Crippen LogP contribution in [0.3, 0.4) is 0 Å². The average molecular weight is 273 g/mol. The van der Waals surface area contributed by atoms with Gasteiger partial charge in [0.1, 0.15) is 5.65 Å². The van der Waals surface area contributed by atoms with Crippen LogP contribution in [0.15, 0.2) is 41.8 Å². The molecule has 0 spiro atoms. The van der Waals surface area contributed by atoms with E-state index in [0.29, 0.717) is 31.0 Å². The first-order valence-corrected chi connectivity index (χ1v) is 6.57. The number of fused-ring (bicyclic) bond motifs is 1. The maximum absolute atomic E-state index is 12.1. The molecule has 5 nitrogen and oxygen atoms in total. The van der Waals surface area contributed by atoms with E-state index in [1.165, 1.54) is 0 Å². The van der Waals surface area contributed by atoms with Gasteiger partial charge < -0.3 is 5.11 Å². The lowest BCUT2D eigenvalue weighted by atomic mass is 10.2. The highest BCUT2D eigenvalue weighted by molar-refractivity contribution is 5.46. The number of nitrogens with zero attached hydrogens (tertiary/aromatic N) is 3. The van der Waals surface area contributed by atoms with Gasteiger partial charge in [0.25, 0.3) is 5.56 Å². The maximum atomic E-state index is 12.1. The zero-order chi connectivity index (χ0) is 14.5. The van der Waals surface area contributed by atoms with Crippen molar-refractivity contribution in [2.75, 3.05) is 19.7 Å². The normalized spacial score (nSPS) is 11.2. The molecule has 0 bridgehead atoms. The topological polar surface area (TPSA) is 57.8 Å². The number of rotatable bonds is 6. The molecule has 0 aliphatic carbocycles. The van der Waals surface area contributed by atoms with Gasteiger partial charge in [-0.05, 0) is 18.6 Å². The summed E-state index contributed by atoms with van der Waals surface area (Å²) in [6.07, 6.45) is 3.49. The molecule has 0 unspecified atom stereocenters. The Morgan fingerprint density at radius 3 is 3.05 bits per heavy atom. The summed E-state index contributed by atoms with van der Waals surface area (Å²) in [5.74, 6) is 0. The minimum Gasteiger partial charge on any atom is -0.395 e. The molecule has 2 rings (SSSR count). The Morgan fingerprint density at radius 2 is 2.35 bits per heavy atom. The number of hydrogen-bond acceptors (Lipinski definition) is 4.